The van der Waals surface area contributed by atoms with Gasteiger partial charge in [0.1, 0.15) is 0 Å². The smallest absolute Gasteiger partial charge is 0.274 e. The zero-order valence-corrected chi connectivity index (χ0v) is 13.0. The summed E-state index contributed by atoms with van der Waals surface area (Å²) in [6.45, 7) is 6.20. The summed E-state index contributed by atoms with van der Waals surface area (Å²) in [4.78, 5) is 10.6. The fourth-order valence-corrected chi connectivity index (χ4v) is 2.37. The van der Waals surface area contributed by atoms with Gasteiger partial charge in [-0.15, -0.1) is 0 Å². The Labute approximate surface area is 128 Å². The van der Waals surface area contributed by atoms with E-state index >= 15 is 0 Å². The molecule has 0 fully saturated rings. The Morgan fingerprint density at radius 2 is 1.81 bits per heavy atom. The summed E-state index contributed by atoms with van der Waals surface area (Å²) in [7, 11) is 0. The minimum absolute atomic E-state index is 0.130. The molecule has 4 nitrogen and oxygen atoms in total. The Balaban J connectivity index is 2.21. The third-order valence-corrected chi connectivity index (χ3v) is 3.87. The molecule has 0 aromatic heterocycles. The summed E-state index contributed by atoms with van der Waals surface area (Å²) in [5.74, 6) is 0. The van der Waals surface area contributed by atoms with Crippen LogP contribution >= 0.6 is 11.6 Å². The van der Waals surface area contributed by atoms with Gasteiger partial charge in [0, 0.05) is 28.9 Å². The summed E-state index contributed by atoms with van der Waals surface area (Å²) >= 11 is 6.10. The third kappa shape index (κ3) is 3.52. The number of aryl methyl sites for hydroxylation is 3. The van der Waals surface area contributed by atoms with Crippen molar-refractivity contribution in [1.82, 2.24) is 0 Å². The van der Waals surface area contributed by atoms with Gasteiger partial charge in [-0.2, -0.15) is 0 Å². The van der Waals surface area contributed by atoms with Crippen LogP contribution in [0.5, 0.6) is 0 Å². The van der Waals surface area contributed by atoms with Crippen molar-refractivity contribution >= 4 is 23.0 Å². The minimum Gasteiger partial charge on any atom is -0.381 e. The molecule has 0 aliphatic rings. The maximum Gasteiger partial charge on any atom is 0.274 e. The lowest BCUT2D eigenvalue weighted by atomic mass is 10.1. The van der Waals surface area contributed by atoms with E-state index in [-0.39, 0.29) is 10.6 Å². The van der Waals surface area contributed by atoms with Crippen LogP contribution in [0.4, 0.5) is 11.4 Å². The van der Waals surface area contributed by atoms with Crippen molar-refractivity contribution in [3.8, 4) is 0 Å². The molecular weight excluding hydrogens is 288 g/mol. The van der Waals surface area contributed by atoms with E-state index in [1.54, 1.807) is 13.0 Å². The van der Waals surface area contributed by atoms with Crippen molar-refractivity contribution in [2.24, 2.45) is 0 Å². The number of anilines is 1. The molecule has 0 unspecified atom stereocenters. The number of rotatable bonds is 4. The molecule has 0 radical (unpaired) electrons. The molecule has 110 valence electrons. The molecule has 5 heteroatoms. The fraction of sp³-hybridized carbons (Fsp3) is 0.250. The molecule has 1 N–H and O–H groups in total. The van der Waals surface area contributed by atoms with E-state index in [1.165, 1.54) is 0 Å². The number of nitro benzene ring substituents is 1. The van der Waals surface area contributed by atoms with Gasteiger partial charge in [0.25, 0.3) is 5.69 Å². The number of nitrogens with zero attached hydrogens (tertiary/aromatic N) is 1. The van der Waals surface area contributed by atoms with Crippen molar-refractivity contribution in [2.45, 2.75) is 27.3 Å². The summed E-state index contributed by atoms with van der Waals surface area (Å²) in [6.07, 6.45) is 0. The lowest BCUT2D eigenvalue weighted by Gasteiger charge is -2.11. The second kappa shape index (κ2) is 6.14. The molecule has 0 bridgehead atoms. The van der Waals surface area contributed by atoms with Gasteiger partial charge in [0.2, 0.25) is 0 Å². The second-order valence-electron chi connectivity index (χ2n) is 5.15. The van der Waals surface area contributed by atoms with Crippen LogP contribution in [0, 0.1) is 30.9 Å². The van der Waals surface area contributed by atoms with Crippen molar-refractivity contribution in [2.75, 3.05) is 5.32 Å². The van der Waals surface area contributed by atoms with E-state index in [0.717, 1.165) is 27.4 Å². The minimum atomic E-state index is -0.358. The first-order valence-corrected chi connectivity index (χ1v) is 7.01. The molecule has 0 aliphatic carbocycles. The summed E-state index contributed by atoms with van der Waals surface area (Å²) in [5.41, 5.74) is 4.61. The van der Waals surface area contributed by atoms with Crippen LogP contribution in [0.2, 0.25) is 5.02 Å². The predicted molar refractivity (Wildman–Crippen MR) is 86.1 cm³/mol. The normalized spacial score (nSPS) is 10.5. The van der Waals surface area contributed by atoms with Crippen LogP contribution in [-0.2, 0) is 6.54 Å². The first-order valence-electron chi connectivity index (χ1n) is 6.63. The van der Waals surface area contributed by atoms with Crippen molar-refractivity contribution < 1.29 is 4.92 Å². The molecule has 0 amide bonds. The Morgan fingerprint density at radius 1 is 1.10 bits per heavy atom. The highest BCUT2D eigenvalue weighted by molar-refractivity contribution is 6.31. The second-order valence-corrected chi connectivity index (χ2v) is 5.56. The lowest BCUT2D eigenvalue weighted by molar-refractivity contribution is -0.385. The highest BCUT2D eigenvalue weighted by Gasteiger charge is 2.13. The number of nitro groups is 1. The van der Waals surface area contributed by atoms with Crippen LogP contribution in [0.3, 0.4) is 0 Å². The number of benzene rings is 2. The molecule has 0 saturated heterocycles. The molecule has 0 aliphatic heterocycles. The highest BCUT2D eigenvalue weighted by Crippen LogP contribution is 2.27. The first-order chi connectivity index (χ1) is 9.88. The zero-order chi connectivity index (χ0) is 15.6. The third-order valence-electron chi connectivity index (χ3n) is 3.46. The standard InChI is InChI=1S/C16H17ClN2O2/c1-10-4-5-13(7-14(10)17)9-18-15-8-16(19(20)21)12(3)6-11(15)2/h4-8,18H,9H2,1-3H3. The van der Waals surface area contributed by atoms with Crippen molar-refractivity contribution in [3.63, 3.8) is 0 Å². The van der Waals surface area contributed by atoms with Crippen molar-refractivity contribution in [3.05, 3.63) is 67.7 Å². The Hall–Kier alpha value is -2.07. The van der Waals surface area contributed by atoms with Crippen LogP contribution in [0.15, 0.2) is 30.3 Å². The van der Waals surface area contributed by atoms with Gasteiger partial charge in [-0.1, -0.05) is 23.7 Å². The number of hydrogen-bond donors (Lipinski definition) is 1. The Kier molecular flexibility index (Phi) is 4.48. The van der Waals surface area contributed by atoms with E-state index in [0.29, 0.717) is 12.1 Å². The van der Waals surface area contributed by atoms with Crippen LogP contribution < -0.4 is 5.32 Å². The summed E-state index contributed by atoms with van der Waals surface area (Å²) in [5, 5.41) is 15.0. The summed E-state index contributed by atoms with van der Waals surface area (Å²) < 4.78 is 0. The Morgan fingerprint density at radius 3 is 2.43 bits per heavy atom. The van der Waals surface area contributed by atoms with Gasteiger partial charge in [-0.3, -0.25) is 10.1 Å². The number of halogens is 1. The van der Waals surface area contributed by atoms with E-state index in [9.17, 15) is 10.1 Å². The SMILES string of the molecule is Cc1ccc(CNc2cc([N+](=O)[O-])c(C)cc2C)cc1Cl. The molecule has 0 saturated carbocycles. The van der Waals surface area contributed by atoms with E-state index in [1.807, 2.05) is 38.1 Å². The lowest BCUT2D eigenvalue weighted by Crippen LogP contribution is -2.03. The van der Waals surface area contributed by atoms with Gasteiger partial charge in [-0.25, -0.2) is 0 Å². The molecule has 2 aromatic carbocycles. The quantitative estimate of drug-likeness (QED) is 0.653. The Bertz CT molecular complexity index is 699. The average molecular weight is 305 g/mol. The van der Waals surface area contributed by atoms with Crippen LogP contribution in [0.25, 0.3) is 0 Å². The fourth-order valence-electron chi connectivity index (χ4n) is 2.17. The zero-order valence-electron chi connectivity index (χ0n) is 12.2. The molecule has 21 heavy (non-hydrogen) atoms. The summed E-state index contributed by atoms with van der Waals surface area (Å²) in [6, 6.07) is 9.26. The van der Waals surface area contributed by atoms with Gasteiger partial charge in [-0.05, 0) is 49.6 Å². The van der Waals surface area contributed by atoms with Gasteiger partial charge < -0.3 is 5.32 Å². The van der Waals surface area contributed by atoms with E-state index in [2.05, 4.69) is 5.32 Å². The largest absolute Gasteiger partial charge is 0.381 e. The maximum absolute atomic E-state index is 11.0. The monoisotopic (exact) mass is 304 g/mol. The van der Waals surface area contributed by atoms with Crippen LogP contribution in [0.1, 0.15) is 22.3 Å². The molecule has 0 heterocycles. The van der Waals surface area contributed by atoms with Gasteiger partial charge in [0.05, 0.1) is 4.92 Å². The molecular formula is C16H17ClN2O2. The molecule has 2 aromatic rings. The van der Waals surface area contributed by atoms with Crippen LogP contribution in [-0.4, -0.2) is 4.92 Å². The number of hydrogen-bond acceptors (Lipinski definition) is 3. The molecule has 0 spiro atoms. The first kappa shape index (κ1) is 15.3. The van der Waals surface area contributed by atoms with E-state index < -0.39 is 0 Å². The molecule has 0 atom stereocenters. The van der Waals surface area contributed by atoms with Gasteiger partial charge >= 0.3 is 0 Å². The number of nitrogens with one attached hydrogen (secondary N) is 1. The topological polar surface area (TPSA) is 55.2 Å². The van der Waals surface area contributed by atoms with Crippen molar-refractivity contribution in [1.29, 1.82) is 0 Å². The molecule has 2 rings (SSSR count). The van der Waals surface area contributed by atoms with Gasteiger partial charge in [0.15, 0.2) is 0 Å². The average Bonchev–Trinajstić information content (AvgIpc) is 2.41. The maximum atomic E-state index is 11.0. The highest BCUT2D eigenvalue weighted by atomic mass is 35.5. The predicted octanol–water partition coefficient (Wildman–Crippen LogP) is 4.79. The van der Waals surface area contributed by atoms with E-state index in [4.69, 9.17) is 11.6 Å².